The number of hydrogen-bond acceptors (Lipinski definition) is 0. The maximum Gasteiger partial charge on any atom is 0.0181 e. The van der Waals surface area contributed by atoms with E-state index < -0.39 is 0 Å². The Morgan fingerprint density at radius 2 is 1.80 bits per heavy atom. The van der Waals surface area contributed by atoms with Gasteiger partial charge in [0.25, 0.3) is 0 Å². The molecule has 0 spiro atoms. The fourth-order valence-electron chi connectivity index (χ4n) is 2.02. The van der Waals surface area contributed by atoms with Crippen molar-refractivity contribution in [1.82, 2.24) is 0 Å². The summed E-state index contributed by atoms with van der Waals surface area (Å²) in [6, 6.07) is 6.94. The summed E-state index contributed by atoms with van der Waals surface area (Å²) in [6.45, 7) is 6.83. The highest BCUT2D eigenvalue weighted by molar-refractivity contribution is 9.10. The van der Waals surface area contributed by atoms with Crippen molar-refractivity contribution >= 4 is 15.9 Å². The lowest BCUT2D eigenvalue weighted by Crippen LogP contribution is -2.14. The Bertz CT molecular complexity index is 356. The van der Waals surface area contributed by atoms with Gasteiger partial charge in [0, 0.05) is 4.47 Å². The topological polar surface area (TPSA) is 0 Å². The number of halogens is 1. The first kappa shape index (κ1) is 11.2. The van der Waals surface area contributed by atoms with Gasteiger partial charge in [0.15, 0.2) is 0 Å². The van der Waals surface area contributed by atoms with E-state index >= 15 is 0 Å². The van der Waals surface area contributed by atoms with E-state index in [1.807, 2.05) is 0 Å². The summed E-state index contributed by atoms with van der Waals surface area (Å²) in [5.41, 5.74) is 3.22. The molecule has 0 unspecified atom stereocenters. The molecule has 1 aromatic rings. The minimum atomic E-state index is 0.252. The molecule has 1 heteroatoms. The molecule has 0 aromatic heterocycles. The molecule has 0 atom stereocenters. The second kappa shape index (κ2) is 3.93. The molecule has 0 nitrogen and oxygen atoms in total. The SMILES string of the molecule is CC(C)(C)c1cc(Br)cc(C2CCC2)c1. The fraction of sp³-hybridized carbons (Fsp3) is 0.571. The van der Waals surface area contributed by atoms with E-state index in [0.717, 1.165) is 5.92 Å². The van der Waals surface area contributed by atoms with Gasteiger partial charge in [-0.15, -0.1) is 0 Å². The van der Waals surface area contributed by atoms with E-state index in [2.05, 4.69) is 54.9 Å². The summed E-state index contributed by atoms with van der Waals surface area (Å²) in [5.74, 6) is 0.823. The van der Waals surface area contributed by atoms with Gasteiger partial charge in [0.1, 0.15) is 0 Å². The molecule has 1 aliphatic carbocycles. The van der Waals surface area contributed by atoms with Crippen LogP contribution < -0.4 is 0 Å². The molecule has 1 aromatic carbocycles. The van der Waals surface area contributed by atoms with Crippen molar-refractivity contribution < 1.29 is 0 Å². The van der Waals surface area contributed by atoms with Gasteiger partial charge in [0.2, 0.25) is 0 Å². The van der Waals surface area contributed by atoms with E-state index in [4.69, 9.17) is 0 Å². The summed E-state index contributed by atoms with van der Waals surface area (Å²) >= 11 is 3.63. The predicted molar refractivity (Wildman–Crippen MR) is 69.4 cm³/mol. The van der Waals surface area contributed by atoms with Crippen LogP contribution in [-0.4, -0.2) is 0 Å². The molecule has 15 heavy (non-hydrogen) atoms. The zero-order valence-electron chi connectivity index (χ0n) is 9.81. The van der Waals surface area contributed by atoms with Crippen LogP contribution in [0.3, 0.4) is 0 Å². The van der Waals surface area contributed by atoms with E-state index in [0.29, 0.717) is 0 Å². The molecule has 2 rings (SSSR count). The van der Waals surface area contributed by atoms with E-state index in [-0.39, 0.29) is 5.41 Å². The number of hydrogen-bond donors (Lipinski definition) is 0. The molecule has 82 valence electrons. The van der Waals surface area contributed by atoms with Crippen molar-refractivity contribution in [2.75, 3.05) is 0 Å². The molecule has 0 N–H and O–H groups in total. The lowest BCUT2D eigenvalue weighted by molar-refractivity contribution is 0.418. The summed E-state index contributed by atoms with van der Waals surface area (Å²) in [6.07, 6.45) is 4.15. The highest BCUT2D eigenvalue weighted by atomic mass is 79.9. The summed E-state index contributed by atoms with van der Waals surface area (Å²) < 4.78 is 1.23. The highest BCUT2D eigenvalue weighted by Gasteiger charge is 2.22. The van der Waals surface area contributed by atoms with Crippen LogP contribution in [0.1, 0.15) is 57.1 Å². The van der Waals surface area contributed by atoms with E-state index in [9.17, 15) is 0 Å². The smallest absolute Gasteiger partial charge is 0.0181 e. The van der Waals surface area contributed by atoms with Crippen molar-refractivity contribution in [1.29, 1.82) is 0 Å². The number of benzene rings is 1. The van der Waals surface area contributed by atoms with Gasteiger partial charge in [-0.05, 0) is 47.4 Å². The Hall–Kier alpha value is -0.300. The van der Waals surface area contributed by atoms with Gasteiger partial charge >= 0.3 is 0 Å². The zero-order valence-corrected chi connectivity index (χ0v) is 11.4. The van der Waals surface area contributed by atoms with Gasteiger partial charge in [-0.1, -0.05) is 49.2 Å². The molecule has 0 amide bonds. The maximum absolute atomic E-state index is 3.63. The lowest BCUT2D eigenvalue weighted by atomic mass is 9.77. The minimum Gasteiger partial charge on any atom is -0.0561 e. The third kappa shape index (κ3) is 2.44. The molecule has 0 heterocycles. The normalized spacial score (nSPS) is 17.6. The lowest BCUT2D eigenvalue weighted by Gasteiger charge is -2.28. The van der Waals surface area contributed by atoms with E-state index in [1.165, 1.54) is 34.9 Å². The maximum atomic E-state index is 3.63. The predicted octanol–water partition coefficient (Wildman–Crippen LogP) is 5.01. The highest BCUT2D eigenvalue weighted by Crippen LogP contribution is 2.39. The molecule has 0 bridgehead atoms. The van der Waals surface area contributed by atoms with Crippen LogP contribution in [0.15, 0.2) is 22.7 Å². The Balaban J connectivity index is 2.36. The van der Waals surface area contributed by atoms with Crippen molar-refractivity contribution in [2.45, 2.75) is 51.4 Å². The molecule has 0 aliphatic heterocycles. The molecular formula is C14H19Br. The Morgan fingerprint density at radius 1 is 1.13 bits per heavy atom. The first-order valence-electron chi connectivity index (χ1n) is 5.78. The Kier molecular flexibility index (Phi) is 2.94. The third-order valence-electron chi connectivity index (χ3n) is 3.36. The van der Waals surface area contributed by atoms with Gasteiger partial charge < -0.3 is 0 Å². The summed E-state index contributed by atoms with van der Waals surface area (Å²) in [4.78, 5) is 0. The first-order valence-corrected chi connectivity index (χ1v) is 6.57. The van der Waals surface area contributed by atoms with Crippen molar-refractivity contribution in [2.24, 2.45) is 0 Å². The van der Waals surface area contributed by atoms with Crippen molar-refractivity contribution in [3.63, 3.8) is 0 Å². The Labute approximate surface area is 101 Å². The van der Waals surface area contributed by atoms with Gasteiger partial charge in [0.05, 0.1) is 0 Å². The minimum absolute atomic E-state index is 0.252. The van der Waals surface area contributed by atoms with Crippen LogP contribution in [0.4, 0.5) is 0 Å². The van der Waals surface area contributed by atoms with E-state index in [1.54, 1.807) is 0 Å². The largest absolute Gasteiger partial charge is 0.0561 e. The zero-order chi connectivity index (χ0) is 11.1. The van der Waals surface area contributed by atoms with Crippen LogP contribution in [0.5, 0.6) is 0 Å². The molecule has 0 radical (unpaired) electrons. The quantitative estimate of drug-likeness (QED) is 0.670. The average Bonchev–Trinajstić information content (AvgIpc) is 1.97. The van der Waals surface area contributed by atoms with Crippen LogP contribution in [0.2, 0.25) is 0 Å². The average molecular weight is 267 g/mol. The first-order chi connectivity index (χ1) is 6.97. The monoisotopic (exact) mass is 266 g/mol. The summed E-state index contributed by atoms with van der Waals surface area (Å²) in [5, 5.41) is 0. The van der Waals surface area contributed by atoms with Gasteiger partial charge in [-0.2, -0.15) is 0 Å². The molecule has 1 saturated carbocycles. The van der Waals surface area contributed by atoms with Crippen molar-refractivity contribution in [3.05, 3.63) is 33.8 Å². The van der Waals surface area contributed by atoms with Crippen LogP contribution in [-0.2, 0) is 5.41 Å². The molecule has 1 aliphatic rings. The van der Waals surface area contributed by atoms with Gasteiger partial charge in [-0.3, -0.25) is 0 Å². The molecule has 0 saturated heterocycles. The Morgan fingerprint density at radius 3 is 2.27 bits per heavy atom. The molecule has 1 fully saturated rings. The van der Waals surface area contributed by atoms with Crippen LogP contribution in [0, 0.1) is 0 Å². The van der Waals surface area contributed by atoms with Crippen molar-refractivity contribution in [3.8, 4) is 0 Å². The second-order valence-electron chi connectivity index (χ2n) is 5.65. The second-order valence-corrected chi connectivity index (χ2v) is 6.57. The third-order valence-corrected chi connectivity index (χ3v) is 3.82. The molecular weight excluding hydrogens is 248 g/mol. The fourth-order valence-corrected chi connectivity index (χ4v) is 2.53. The number of rotatable bonds is 1. The van der Waals surface area contributed by atoms with Crippen LogP contribution in [0.25, 0.3) is 0 Å². The standard InChI is InChI=1S/C14H19Br/c1-14(2,3)12-7-11(8-13(15)9-12)10-5-4-6-10/h7-10H,4-6H2,1-3H3. The van der Waals surface area contributed by atoms with Gasteiger partial charge in [-0.25, -0.2) is 0 Å². The van der Waals surface area contributed by atoms with Crippen LogP contribution >= 0.6 is 15.9 Å². The summed E-state index contributed by atoms with van der Waals surface area (Å²) in [7, 11) is 0.